The zero-order chi connectivity index (χ0) is 12.3. The Balaban J connectivity index is 3.60. The van der Waals surface area contributed by atoms with Crippen molar-refractivity contribution in [1.82, 2.24) is 4.98 Å². The largest absolute Gasteiger partial charge is 0.382 e. The van der Waals surface area contributed by atoms with Crippen molar-refractivity contribution in [2.45, 2.75) is 11.9 Å². The van der Waals surface area contributed by atoms with Gasteiger partial charge in [-0.05, 0) is 18.6 Å². The zero-order valence-corrected chi connectivity index (χ0v) is 9.61. The molecule has 0 unspecified atom stereocenters. The van der Waals surface area contributed by atoms with Crippen LogP contribution in [-0.4, -0.2) is 25.5 Å². The van der Waals surface area contributed by atoms with E-state index in [1.807, 2.05) is 0 Å². The highest BCUT2D eigenvalue weighted by molar-refractivity contribution is 7.90. The number of nitrogens with two attached hydrogens (primary N) is 1. The molecule has 1 rings (SSSR count). The first-order chi connectivity index (χ1) is 7.38. The fourth-order valence-corrected chi connectivity index (χ4v) is 2.12. The van der Waals surface area contributed by atoms with E-state index in [-0.39, 0.29) is 16.4 Å². The lowest BCUT2D eigenvalue weighted by molar-refractivity contribution is 0.598. The maximum absolute atomic E-state index is 11.5. The Hall–Kier alpha value is -1.83. The van der Waals surface area contributed by atoms with E-state index in [2.05, 4.69) is 15.3 Å². The van der Waals surface area contributed by atoms with Crippen LogP contribution in [0.25, 0.3) is 0 Å². The molecular formula is C8H11N5O2S. The molecule has 7 nitrogen and oxygen atoms in total. The molecule has 0 saturated carbocycles. The van der Waals surface area contributed by atoms with Crippen molar-refractivity contribution in [1.29, 1.82) is 5.53 Å². The van der Waals surface area contributed by atoms with E-state index in [0.717, 1.165) is 6.26 Å². The third-order valence-electron chi connectivity index (χ3n) is 1.89. The summed E-state index contributed by atoms with van der Waals surface area (Å²) in [5, 5.41) is 5.92. The van der Waals surface area contributed by atoms with Crippen molar-refractivity contribution in [3.05, 3.63) is 23.4 Å². The molecule has 8 heteroatoms. The lowest BCUT2D eigenvalue weighted by Crippen LogP contribution is -2.19. The van der Waals surface area contributed by atoms with E-state index in [9.17, 15) is 8.42 Å². The second-order valence-electron chi connectivity index (χ2n) is 3.17. The third-order valence-corrected chi connectivity index (χ3v) is 2.90. The molecule has 3 N–H and O–H groups in total. The predicted octanol–water partition coefficient (Wildman–Crippen LogP) is 0.445. The van der Waals surface area contributed by atoms with Gasteiger partial charge in [-0.15, -0.1) is 5.10 Å². The van der Waals surface area contributed by atoms with E-state index >= 15 is 0 Å². The molecule has 86 valence electrons. The quantitative estimate of drug-likeness (QED) is 0.345. The van der Waals surface area contributed by atoms with Gasteiger partial charge in [-0.1, -0.05) is 5.22 Å². The molecule has 0 aliphatic carbocycles. The molecular weight excluding hydrogens is 230 g/mol. The first kappa shape index (κ1) is 12.2. The number of nitrogens with one attached hydrogen (secondary N) is 1. The number of aryl methyl sites for hydroxylation is 1. The number of hydrogen-bond donors (Lipinski definition) is 2. The number of nitrogens with zero attached hydrogens (tertiary/aromatic N) is 3. The predicted molar refractivity (Wildman–Crippen MR) is 58.0 cm³/mol. The van der Waals surface area contributed by atoms with Gasteiger partial charge in [0.15, 0.2) is 20.7 Å². The molecule has 0 amide bonds. The average molecular weight is 241 g/mol. The van der Waals surface area contributed by atoms with Crippen LogP contribution in [0.5, 0.6) is 0 Å². The normalized spacial score (nSPS) is 12.5. The van der Waals surface area contributed by atoms with Crippen LogP contribution in [0, 0.1) is 12.5 Å². The Labute approximate surface area is 92.8 Å². The van der Waals surface area contributed by atoms with Crippen LogP contribution in [-0.2, 0) is 9.84 Å². The van der Waals surface area contributed by atoms with Gasteiger partial charge in [-0.3, -0.25) is 0 Å². The van der Waals surface area contributed by atoms with Gasteiger partial charge < -0.3 is 5.73 Å². The molecule has 0 bridgehead atoms. The first-order valence-electron chi connectivity index (χ1n) is 4.24. The Morgan fingerprint density at radius 2 is 2.19 bits per heavy atom. The molecule has 0 saturated heterocycles. The summed E-state index contributed by atoms with van der Waals surface area (Å²) in [4.78, 5) is 3.76. The molecule has 1 aromatic heterocycles. The van der Waals surface area contributed by atoms with Crippen molar-refractivity contribution in [3.63, 3.8) is 0 Å². The molecule has 16 heavy (non-hydrogen) atoms. The van der Waals surface area contributed by atoms with Gasteiger partial charge >= 0.3 is 0 Å². The number of pyridine rings is 1. The van der Waals surface area contributed by atoms with Crippen LogP contribution in [0.15, 0.2) is 27.6 Å². The lowest BCUT2D eigenvalue weighted by atomic mass is 10.1. The van der Waals surface area contributed by atoms with Gasteiger partial charge in [0.05, 0.1) is 5.56 Å². The molecule has 0 aliphatic heterocycles. The van der Waals surface area contributed by atoms with Crippen LogP contribution in [0.4, 0.5) is 0 Å². The minimum absolute atomic E-state index is 0.138. The highest BCUT2D eigenvalue weighted by Gasteiger charge is 2.19. The summed E-state index contributed by atoms with van der Waals surface area (Å²) < 4.78 is 22.9. The smallest absolute Gasteiger partial charge is 0.193 e. The number of aromatic nitrogens is 1. The highest BCUT2D eigenvalue weighted by atomic mass is 32.2. The van der Waals surface area contributed by atoms with Gasteiger partial charge in [0.2, 0.25) is 0 Å². The second kappa shape index (κ2) is 4.35. The van der Waals surface area contributed by atoms with Crippen LogP contribution in [0.2, 0.25) is 0 Å². The van der Waals surface area contributed by atoms with Gasteiger partial charge in [0, 0.05) is 12.5 Å². The van der Waals surface area contributed by atoms with E-state index in [1.54, 1.807) is 13.0 Å². The minimum atomic E-state index is -3.49. The Morgan fingerprint density at radius 1 is 1.56 bits per heavy atom. The molecule has 0 atom stereocenters. The molecule has 1 heterocycles. The third kappa shape index (κ3) is 2.40. The molecule has 0 aliphatic rings. The SMILES string of the molecule is Cc1ccnc(S(C)(=O)=O)c1C(N)=NN=N. The van der Waals surface area contributed by atoms with E-state index in [4.69, 9.17) is 11.3 Å². The maximum Gasteiger partial charge on any atom is 0.193 e. The monoisotopic (exact) mass is 241 g/mol. The lowest BCUT2D eigenvalue weighted by Gasteiger charge is -2.08. The highest BCUT2D eigenvalue weighted by Crippen LogP contribution is 2.16. The van der Waals surface area contributed by atoms with Crippen molar-refractivity contribution < 1.29 is 8.42 Å². The number of amidine groups is 1. The Bertz CT molecular complexity index is 550. The Morgan fingerprint density at radius 3 is 2.69 bits per heavy atom. The summed E-state index contributed by atoms with van der Waals surface area (Å²) in [7, 11) is -3.49. The standard InChI is InChI=1S/C8H11N5O2S/c1-5-3-4-11-8(16(2,14)15)6(5)7(9)12-13-10/h3-4H,1-2H3,(H3,9,10,12). The first-order valence-corrected chi connectivity index (χ1v) is 6.13. The van der Waals surface area contributed by atoms with E-state index in [1.165, 1.54) is 6.20 Å². The summed E-state index contributed by atoms with van der Waals surface area (Å²) in [5.41, 5.74) is 12.9. The van der Waals surface area contributed by atoms with Crippen molar-refractivity contribution in [3.8, 4) is 0 Å². The molecule has 0 aromatic carbocycles. The molecule has 0 spiro atoms. The van der Waals surface area contributed by atoms with Gasteiger partial charge in [0.25, 0.3) is 0 Å². The minimum Gasteiger partial charge on any atom is -0.382 e. The van der Waals surface area contributed by atoms with Crippen molar-refractivity contribution in [2.24, 2.45) is 16.1 Å². The fraction of sp³-hybridized carbons (Fsp3) is 0.250. The fourth-order valence-electron chi connectivity index (χ4n) is 1.23. The topological polar surface area (TPSA) is 122 Å². The summed E-state index contributed by atoms with van der Waals surface area (Å²) in [5.74, 6) is -0.138. The van der Waals surface area contributed by atoms with Crippen LogP contribution in [0.1, 0.15) is 11.1 Å². The van der Waals surface area contributed by atoms with Gasteiger partial charge in [-0.25, -0.2) is 13.4 Å². The van der Waals surface area contributed by atoms with Crippen molar-refractivity contribution in [2.75, 3.05) is 6.26 Å². The second-order valence-corrected chi connectivity index (χ2v) is 5.10. The van der Waals surface area contributed by atoms with Crippen molar-refractivity contribution >= 4 is 15.7 Å². The van der Waals surface area contributed by atoms with E-state index < -0.39 is 9.84 Å². The van der Waals surface area contributed by atoms with Gasteiger partial charge in [0.1, 0.15) is 0 Å². The Kier molecular flexibility index (Phi) is 3.33. The van der Waals surface area contributed by atoms with Crippen LogP contribution < -0.4 is 5.73 Å². The number of hydrogen-bond acceptors (Lipinski definition) is 5. The average Bonchev–Trinajstić information content (AvgIpc) is 2.16. The number of rotatable bonds is 3. The van der Waals surface area contributed by atoms with Crippen LogP contribution >= 0.6 is 0 Å². The van der Waals surface area contributed by atoms with Crippen LogP contribution in [0.3, 0.4) is 0 Å². The number of sulfone groups is 1. The summed E-state index contributed by atoms with van der Waals surface area (Å²) in [6.45, 7) is 1.68. The maximum atomic E-state index is 11.5. The summed E-state index contributed by atoms with van der Waals surface area (Å²) >= 11 is 0. The molecule has 1 aromatic rings. The zero-order valence-electron chi connectivity index (χ0n) is 8.80. The van der Waals surface area contributed by atoms with E-state index in [0.29, 0.717) is 5.56 Å². The molecule has 0 radical (unpaired) electrons. The summed E-state index contributed by atoms with van der Waals surface area (Å²) in [6, 6.07) is 1.61. The summed E-state index contributed by atoms with van der Waals surface area (Å²) in [6.07, 6.45) is 2.41. The van der Waals surface area contributed by atoms with Gasteiger partial charge in [-0.2, -0.15) is 5.53 Å². The molecule has 0 fully saturated rings.